The molecule has 1 rings (SSSR count). The summed E-state index contributed by atoms with van der Waals surface area (Å²) in [6, 6.07) is 1.58. The second-order valence-corrected chi connectivity index (χ2v) is 3.04. The lowest BCUT2D eigenvalue weighted by molar-refractivity contribution is 0.209. The number of aryl methyl sites for hydroxylation is 1. The van der Waals surface area contributed by atoms with Gasteiger partial charge in [-0.2, -0.15) is 0 Å². The summed E-state index contributed by atoms with van der Waals surface area (Å²) in [5.74, 6) is 0.196. The van der Waals surface area contributed by atoms with Crippen LogP contribution in [0.5, 0.6) is 0 Å². The number of carboxylic acid groups (broad SMARTS) is 1. The Bertz CT molecular complexity index is 379. The summed E-state index contributed by atoms with van der Waals surface area (Å²) in [7, 11) is 0. The van der Waals surface area contributed by atoms with E-state index in [0.29, 0.717) is 5.69 Å². The number of carbonyl (C=O) groups is 1. The van der Waals surface area contributed by atoms with Crippen LogP contribution in [0.3, 0.4) is 0 Å². The van der Waals surface area contributed by atoms with Crippen LogP contribution in [0.1, 0.15) is 16.8 Å². The molecule has 1 aromatic heterocycles. The Morgan fingerprint density at radius 1 is 1.67 bits per heavy atom. The van der Waals surface area contributed by atoms with Crippen LogP contribution in [0.15, 0.2) is 6.07 Å². The van der Waals surface area contributed by atoms with Gasteiger partial charge < -0.3 is 15.9 Å². The van der Waals surface area contributed by atoms with E-state index in [2.05, 4.69) is 10.3 Å². The van der Waals surface area contributed by atoms with Crippen LogP contribution in [0.4, 0.5) is 10.6 Å². The fourth-order valence-electron chi connectivity index (χ4n) is 1.35. The number of aromatic nitrogens is 1. The average Bonchev–Trinajstić information content (AvgIpc) is 2.15. The molecule has 0 radical (unpaired) electrons. The predicted molar refractivity (Wildman–Crippen MR) is 54.4 cm³/mol. The molecule has 0 aliphatic carbocycles. The Kier molecular flexibility index (Phi) is 3.59. The van der Waals surface area contributed by atoms with Crippen molar-refractivity contribution >= 4 is 11.9 Å². The molecule has 6 heteroatoms. The highest BCUT2D eigenvalue weighted by Crippen LogP contribution is 2.16. The van der Waals surface area contributed by atoms with Gasteiger partial charge in [-0.05, 0) is 24.1 Å². The lowest BCUT2D eigenvalue weighted by Crippen LogP contribution is -2.13. The van der Waals surface area contributed by atoms with Crippen molar-refractivity contribution in [3.8, 4) is 0 Å². The van der Waals surface area contributed by atoms with Crippen LogP contribution in [0, 0.1) is 6.92 Å². The van der Waals surface area contributed by atoms with Gasteiger partial charge in [-0.15, -0.1) is 0 Å². The van der Waals surface area contributed by atoms with Gasteiger partial charge in [-0.3, -0.25) is 5.32 Å². The summed E-state index contributed by atoms with van der Waals surface area (Å²) >= 11 is 0. The van der Waals surface area contributed by atoms with Gasteiger partial charge in [0.05, 0.1) is 12.3 Å². The first-order valence-corrected chi connectivity index (χ1v) is 4.38. The molecule has 0 aliphatic heterocycles. The summed E-state index contributed by atoms with van der Waals surface area (Å²) in [5.41, 5.74) is 7.44. The van der Waals surface area contributed by atoms with Crippen molar-refractivity contribution in [2.45, 2.75) is 20.1 Å². The third-order valence-corrected chi connectivity index (χ3v) is 2.02. The van der Waals surface area contributed by atoms with Crippen molar-refractivity contribution in [1.29, 1.82) is 0 Å². The SMILES string of the molecule is Cc1cc(NC(=O)O)nc(CO)c1CN. The van der Waals surface area contributed by atoms with E-state index in [4.69, 9.17) is 15.9 Å². The Balaban J connectivity index is 3.13. The van der Waals surface area contributed by atoms with E-state index in [0.717, 1.165) is 11.1 Å². The van der Waals surface area contributed by atoms with Crippen molar-refractivity contribution in [1.82, 2.24) is 4.98 Å². The zero-order valence-corrected chi connectivity index (χ0v) is 8.32. The first kappa shape index (κ1) is 11.4. The fraction of sp³-hybridized carbons (Fsp3) is 0.333. The lowest BCUT2D eigenvalue weighted by atomic mass is 10.1. The maximum absolute atomic E-state index is 10.4. The number of amides is 1. The number of nitrogens with zero attached hydrogens (tertiary/aromatic N) is 1. The molecule has 82 valence electrons. The van der Waals surface area contributed by atoms with Crippen LogP contribution in [-0.4, -0.2) is 21.3 Å². The molecule has 0 fully saturated rings. The normalized spacial score (nSPS) is 10.1. The van der Waals surface area contributed by atoms with Crippen LogP contribution in [0.2, 0.25) is 0 Å². The van der Waals surface area contributed by atoms with Gasteiger partial charge in [-0.1, -0.05) is 0 Å². The lowest BCUT2D eigenvalue weighted by Gasteiger charge is -2.10. The molecule has 6 nitrogen and oxygen atoms in total. The quantitative estimate of drug-likeness (QED) is 0.579. The van der Waals surface area contributed by atoms with Gasteiger partial charge in [0.2, 0.25) is 0 Å². The van der Waals surface area contributed by atoms with Crippen LogP contribution in [-0.2, 0) is 13.2 Å². The van der Waals surface area contributed by atoms with E-state index in [1.807, 2.05) is 0 Å². The molecule has 1 aromatic rings. The van der Waals surface area contributed by atoms with Gasteiger partial charge >= 0.3 is 6.09 Å². The number of nitrogens with one attached hydrogen (secondary N) is 1. The monoisotopic (exact) mass is 211 g/mol. The zero-order chi connectivity index (χ0) is 11.4. The molecule has 0 spiro atoms. The molecule has 0 aromatic carbocycles. The standard InChI is InChI=1S/C9H13N3O3/c1-5-2-8(12-9(14)15)11-7(4-13)6(5)3-10/h2,13H,3-4,10H2,1H3,(H,11,12)(H,14,15). The number of aliphatic hydroxyl groups is 1. The van der Waals surface area contributed by atoms with Crippen LogP contribution < -0.4 is 11.1 Å². The Morgan fingerprint density at radius 3 is 2.80 bits per heavy atom. The number of hydrogen-bond donors (Lipinski definition) is 4. The Labute approximate surface area is 86.8 Å². The number of hydrogen-bond acceptors (Lipinski definition) is 4. The maximum Gasteiger partial charge on any atom is 0.410 e. The van der Waals surface area contributed by atoms with Gasteiger partial charge in [0.25, 0.3) is 0 Å². The maximum atomic E-state index is 10.4. The largest absolute Gasteiger partial charge is 0.465 e. The van der Waals surface area contributed by atoms with Crippen molar-refractivity contribution in [2.24, 2.45) is 5.73 Å². The smallest absolute Gasteiger partial charge is 0.410 e. The highest BCUT2D eigenvalue weighted by Gasteiger charge is 2.09. The van der Waals surface area contributed by atoms with Crippen LogP contribution >= 0.6 is 0 Å². The third kappa shape index (κ3) is 2.64. The number of aliphatic hydroxyl groups excluding tert-OH is 1. The third-order valence-electron chi connectivity index (χ3n) is 2.02. The van der Waals surface area contributed by atoms with E-state index < -0.39 is 6.09 Å². The first-order chi connectivity index (χ1) is 7.08. The topological polar surface area (TPSA) is 108 Å². The molecule has 5 N–H and O–H groups in total. The fourth-order valence-corrected chi connectivity index (χ4v) is 1.35. The predicted octanol–water partition coefficient (Wildman–Crippen LogP) is 0.431. The Morgan fingerprint density at radius 2 is 2.33 bits per heavy atom. The van der Waals surface area contributed by atoms with E-state index >= 15 is 0 Å². The van der Waals surface area contributed by atoms with Crippen molar-refractivity contribution in [2.75, 3.05) is 5.32 Å². The molecule has 0 saturated heterocycles. The molecule has 0 unspecified atom stereocenters. The molecule has 0 saturated carbocycles. The van der Waals surface area contributed by atoms with Gasteiger partial charge in [0.1, 0.15) is 5.82 Å². The molecule has 0 bridgehead atoms. The minimum absolute atomic E-state index is 0.196. The second-order valence-electron chi connectivity index (χ2n) is 3.04. The summed E-state index contributed by atoms with van der Waals surface area (Å²) < 4.78 is 0. The average molecular weight is 211 g/mol. The minimum atomic E-state index is -1.19. The summed E-state index contributed by atoms with van der Waals surface area (Å²) in [6.45, 7) is 1.79. The Hall–Kier alpha value is -1.66. The summed E-state index contributed by atoms with van der Waals surface area (Å²) in [6.07, 6.45) is -1.19. The number of nitrogens with two attached hydrogens (primary N) is 1. The molecule has 0 atom stereocenters. The number of pyridine rings is 1. The minimum Gasteiger partial charge on any atom is -0.465 e. The van der Waals surface area contributed by atoms with Gasteiger partial charge in [0, 0.05) is 6.54 Å². The van der Waals surface area contributed by atoms with E-state index in [1.54, 1.807) is 13.0 Å². The highest BCUT2D eigenvalue weighted by atomic mass is 16.4. The van der Waals surface area contributed by atoms with Crippen molar-refractivity contribution in [3.63, 3.8) is 0 Å². The molecular weight excluding hydrogens is 198 g/mol. The van der Waals surface area contributed by atoms with E-state index in [9.17, 15) is 4.79 Å². The highest BCUT2D eigenvalue weighted by molar-refractivity contribution is 5.81. The molecule has 1 heterocycles. The summed E-state index contributed by atoms with van der Waals surface area (Å²) in [4.78, 5) is 14.3. The van der Waals surface area contributed by atoms with Crippen molar-refractivity contribution < 1.29 is 15.0 Å². The van der Waals surface area contributed by atoms with E-state index in [-0.39, 0.29) is 19.0 Å². The summed E-state index contributed by atoms with van der Waals surface area (Å²) in [5, 5.41) is 19.7. The number of anilines is 1. The molecule has 15 heavy (non-hydrogen) atoms. The van der Waals surface area contributed by atoms with Crippen molar-refractivity contribution in [3.05, 3.63) is 22.9 Å². The van der Waals surface area contributed by atoms with Crippen LogP contribution in [0.25, 0.3) is 0 Å². The molecule has 1 amide bonds. The van der Waals surface area contributed by atoms with E-state index in [1.165, 1.54) is 0 Å². The number of rotatable bonds is 3. The zero-order valence-electron chi connectivity index (χ0n) is 8.32. The van der Waals surface area contributed by atoms with Gasteiger partial charge in [0.15, 0.2) is 0 Å². The second kappa shape index (κ2) is 4.72. The molecular formula is C9H13N3O3. The van der Waals surface area contributed by atoms with Gasteiger partial charge in [-0.25, -0.2) is 9.78 Å². The first-order valence-electron chi connectivity index (χ1n) is 4.38. The molecule has 0 aliphatic rings.